The van der Waals surface area contributed by atoms with Gasteiger partial charge in [-0.15, -0.1) is 0 Å². The molecule has 1 aromatic heterocycles. The first-order valence-corrected chi connectivity index (χ1v) is 6.33. The lowest BCUT2D eigenvalue weighted by Gasteiger charge is -2.26. The topological polar surface area (TPSA) is 105 Å². The first kappa shape index (κ1) is 13.1. The molecule has 1 saturated heterocycles. The van der Waals surface area contributed by atoms with Crippen LogP contribution in [0.1, 0.15) is 6.42 Å². The van der Waals surface area contributed by atoms with Crippen LogP contribution in [-0.2, 0) is 16.1 Å². The van der Waals surface area contributed by atoms with Crippen molar-refractivity contribution < 1.29 is 19.5 Å². The molecule has 21 heavy (non-hydrogen) atoms. The van der Waals surface area contributed by atoms with E-state index in [4.69, 9.17) is 5.11 Å². The Hall–Kier alpha value is -2.90. The number of carbonyl (C=O) groups excluding carboxylic acids is 2. The fraction of sp³-hybridized carbons (Fsp3) is 0.231. The molecule has 2 N–H and O–H groups in total. The van der Waals surface area contributed by atoms with Crippen LogP contribution in [0, 0.1) is 0 Å². The Morgan fingerprint density at radius 2 is 2.19 bits per heavy atom. The molecular weight excluding hydrogens is 276 g/mol. The normalized spacial score (nSPS) is 15.3. The second-order valence-corrected chi connectivity index (χ2v) is 4.69. The van der Waals surface area contributed by atoms with Crippen molar-refractivity contribution in [1.29, 1.82) is 0 Å². The third-order valence-corrected chi connectivity index (χ3v) is 3.28. The maximum Gasteiger partial charge on any atom is 0.328 e. The molecule has 108 valence electrons. The van der Waals surface area contributed by atoms with Crippen molar-refractivity contribution in [2.75, 3.05) is 11.4 Å². The van der Waals surface area contributed by atoms with Crippen LogP contribution in [0.15, 0.2) is 24.4 Å². The first-order chi connectivity index (χ1) is 10.0. The molecule has 0 atom stereocenters. The van der Waals surface area contributed by atoms with Gasteiger partial charge < -0.3 is 5.11 Å². The summed E-state index contributed by atoms with van der Waals surface area (Å²) in [6, 6.07) is 4.72. The first-order valence-electron chi connectivity index (χ1n) is 6.33. The minimum atomic E-state index is -0.994. The van der Waals surface area contributed by atoms with Crippen molar-refractivity contribution in [3.8, 4) is 0 Å². The second-order valence-electron chi connectivity index (χ2n) is 4.69. The standard InChI is InChI=1S/C13H12N4O4/c18-11-3-4-16(13(21)15-11)9-2-1-8-6-14-17(7-12(19)20)10(8)5-9/h1-2,5-6H,3-4,7H2,(H,19,20)(H,15,18,21). The fourth-order valence-electron chi connectivity index (χ4n) is 2.29. The molecule has 1 aromatic carbocycles. The molecule has 2 heterocycles. The Balaban J connectivity index is 1.98. The summed E-state index contributed by atoms with van der Waals surface area (Å²) >= 11 is 0. The van der Waals surface area contributed by atoms with Gasteiger partial charge in [-0.05, 0) is 18.2 Å². The average molecular weight is 288 g/mol. The lowest BCUT2D eigenvalue weighted by atomic mass is 10.2. The van der Waals surface area contributed by atoms with Crippen molar-refractivity contribution in [2.24, 2.45) is 0 Å². The number of carboxylic acid groups (broad SMARTS) is 1. The van der Waals surface area contributed by atoms with Crippen LogP contribution in [0.5, 0.6) is 0 Å². The van der Waals surface area contributed by atoms with E-state index >= 15 is 0 Å². The van der Waals surface area contributed by atoms with E-state index < -0.39 is 12.0 Å². The molecule has 8 heteroatoms. The maximum atomic E-state index is 11.8. The Labute approximate surface area is 118 Å². The van der Waals surface area contributed by atoms with Gasteiger partial charge in [0.25, 0.3) is 0 Å². The molecule has 1 aliphatic rings. The van der Waals surface area contributed by atoms with Crippen molar-refractivity contribution in [3.63, 3.8) is 0 Å². The van der Waals surface area contributed by atoms with Gasteiger partial charge in [0.05, 0.1) is 11.7 Å². The van der Waals surface area contributed by atoms with Crippen molar-refractivity contribution in [1.82, 2.24) is 15.1 Å². The third-order valence-electron chi connectivity index (χ3n) is 3.28. The van der Waals surface area contributed by atoms with Gasteiger partial charge in [-0.2, -0.15) is 5.10 Å². The van der Waals surface area contributed by atoms with Gasteiger partial charge in [0.2, 0.25) is 5.91 Å². The van der Waals surface area contributed by atoms with Gasteiger partial charge in [-0.25, -0.2) is 4.79 Å². The number of urea groups is 1. The highest BCUT2D eigenvalue weighted by molar-refractivity contribution is 6.06. The minimum Gasteiger partial charge on any atom is -0.480 e. The molecular formula is C13H12N4O4. The number of carbonyl (C=O) groups is 3. The SMILES string of the molecule is O=C(O)Cn1ncc2ccc(N3CCC(=O)NC3=O)cc21. The number of carboxylic acids is 1. The number of amides is 3. The van der Waals surface area contributed by atoms with Crippen LogP contribution in [-0.4, -0.2) is 39.3 Å². The molecule has 2 aromatic rings. The molecule has 1 fully saturated rings. The van der Waals surface area contributed by atoms with Crippen molar-refractivity contribution >= 4 is 34.5 Å². The Morgan fingerprint density at radius 3 is 2.90 bits per heavy atom. The second kappa shape index (κ2) is 4.89. The highest BCUT2D eigenvalue weighted by Gasteiger charge is 2.24. The molecule has 0 radical (unpaired) electrons. The summed E-state index contributed by atoms with van der Waals surface area (Å²) in [5, 5.41) is 15.9. The summed E-state index contributed by atoms with van der Waals surface area (Å²) in [6.07, 6.45) is 1.81. The van der Waals surface area contributed by atoms with Gasteiger partial charge in [-0.1, -0.05) is 0 Å². The summed E-state index contributed by atoms with van der Waals surface area (Å²) in [5.41, 5.74) is 1.22. The zero-order chi connectivity index (χ0) is 15.0. The average Bonchev–Trinajstić information content (AvgIpc) is 2.80. The number of aromatic nitrogens is 2. The number of rotatable bonds is 3. The molecule has 0 saturated carbocycles. The highest BCUT2D eigenvalue weighted by Crippen LogP contribution is 2.23. The predicted molar refractivity (Wildman–Crippen MR) is 72.9 cm³/mol. The van der Waals surface area contributed by atoms with Crippen LogP contribution < -0.4 is 10.2 Å². The van der Waals surface area contributed by atoms with E-state index in [1.807, 2.05) is 0 Å². The Morgan fingerprint density at radius 1 is 1.38 bits per heavy atom. The van der Waals surface area contributed by atoms with Crippen LogP contribution in [0.4, 0.5) is 10.5 Å². The number of benzene rings is 1. The van der Waals surface area contributed by atoms with E-state index in [-0.39, 0.29) is 18.9 Å². The number of hydrogen-bond donors (Lipinski definition) is 2. The Kier molecular flexibility index (Phi) is 3.05. The van der Waals surface area contributed by atoms with E-state index in [9.17, 15) is 14.4 Å². The lowest BCUT2D eigenvalue weighted by molar-refractivity contribution is -0.137. The fourth-order valence-corrected chi connectivity index (χ4v) is 2.29. The Bertz CT molecular complexity index is 752. The number of fused-ring (bicyclic) bond motifs is 1. The molecule has 0 spiro atoms. The van der Waals surface area contributed by atoms with Crippen LogP contribution in [0.2, 0.25) is 0 Å². The lowest BCUT2D eigenvalue weighted by Crippen LogP contribution is -2.49. The zero-order valence-electron chi connectivity index (χ0n) is 10.9. The quantitative estimate of drug-likeness (QED) is 0.859. The van der Waals surface area contributed by atoms with E-state index in [1.165, 1.54) is 9.58 Å². The maximum absolute atomic E-state index is 11.8. The van der Waals surface area contributed by atoms with E-state index in [1.54, 1.807) is 24.4 Å². The summed E-state index contributed by atoms with van der Waals surface area (Å²) in [6.45, 7) is 0.0425. The van der Waals surface area contributed by atoms with Crippen molar-refractivity contribution in [3.05, 3.63) is 24.4 Å². The number of aliphatic carboxylic acids is 1. The summed E-state index contributed by atoms with van der Waals surface area (Å²) in [5.74, 6) is -1.29. The van der Waals surface area contributed by atoms with Crippen LogP contribution in [0.25, 0.3) is 10.9 Å². The molecule has 3 amide bonds. The number of anilines is 1. The number of imide groups is 1. The third kappa shape index (κ3) is 2.42. The molecule has 0 bridgehead atoms. The summed E-state index contributed by atoms with van der Waals surface area (Å²) in [7, 11) is 0. The van der Waals surface area contributed by atoms with Gasteiger partial charge in [0.1, 0.15) is 6.54 Å². The summed E-state index contributed by atoms with van der Waals surface area (Å²) in [4.78, 5) is 35.2. The molecule has 8 nitrogen and oxygen atoms in total. The minimum absolute atomic E-state index is 0.234. The van der Waals surface area contributed by atoms with Crippen LogP contribution >= 0.6 is 0 Å². The van der Waals surface area contributed by atoms with Crippen LogP contribution in [0.3, 0.4) is 0 Å². The number of nitrogens with one attached hydrogen (secondary N) is 1. The predicted octanol–water partition coefficient (Wildman–Crippen LogP) is 0.567. The van der Waals surface area contributed by atoms with E-state index in [2.05, 4.69) is 10.4 Å². The zero-order valence-corrected chi connectivity index (χ0v) is 10.9. The summed E-state index contributed by atoms with van der Waals surface area (Å²) < 4.78 is 1.36. The van der Waals surface area contributed by atoms with Gasteiger partial charge in [0, 0.05) is 24.0 Å². The van der Waals surface area contributed by atoms with Gasteiger partial charge in [0.15, 0.2) is 0 Å². The molecule has 3 rings (SSSR count). The molecule has 1 aliphatic heterocycles. The van der Waals surface area contributed by atoms with E-state index in [0.29, 0.717) is 17.7 Å². The highest BCUT2D eigenvalue weighted by atomic mass is 16.4. The van der Waals surface area contributed by atoms with Crippen molar-refractivity contribution in [2.45, 2.75) is 13.0 Å². The monoisotopic (exact) mass is 288 g/mol. The number of hydrogen-bond acceptors (Lipinski definition) is 4. The molecule has 0 unspecified atom stereocenters. The largest absolute Gasteiger partial charge is 0.480 e. The number of nitrogens with zero attached hydrogens (tertiary/aromatic N) is 3. The smallest absolute Gasteiger partial charge is 0.328 e. The van der Waals surface area contributed by atoms with E-state index in [0.717, 1.165) is 5.39 Å². The molecule has 0 aliphatic carbocycles. The van der Waals surface area contributed by atoms with Gasteiger partial charge in [-0.3, -0.25) is 24.5 Å². The van der Waals surface area contributed by atoms with Gasteiger partial charge >= 0.3 is 12.0 Å².